The molecule has 1 aliphatic rings. The maximum Gasteiger partial charge on any atom is 0.138 e. The molecule has 0 aliphatic carbocycles. The van der Waals surface area contributed by atoms with E-state index in [9.17, 15) is 0 Å². The Morgan fingerprint density at radius 2 is 2.07 bits per heavy atom. The fourth-order valence-electron chi connectivity index (χ4n) is 3.41. The summed E-state index contributed by atoms with van der Waals surface area (Å²) >= 11 is 6.32. The van der Waals surface area contributed by atoms with Gasteiger partial charge in [-0.3, -0.25) is 0 Å². The van der Waals surface area contributed by atoms with Crippen molar-refractivity contribution in [1.82, 2.24) is 9.97 Å². The summed E-state index contributed by atoms with van der Waals surface area (Å²) in [6, 6.07) is 9.73. The molecule has 0 unspecified atom stereocenters. The minimum Gasteiger partial charge on any atom is -0.493 e. The SMILES string of the molecule is Cc1c(Cl)cccc1-c1ccc(OCC[C@@H]2COCCO2)c2c(N)ncnc12. The van der Waals surface area contributed by atoms with Crippen LogP contribution < -0.4 is 10.5 Å². The van der Waals surface area contributed by atoms with Crippen LogP contribution in [0.2, 0.25) is 5.02 Å². The highest BCUT2D eigenvalue weighted by Crippen LogP contribution is 2.38. The fourth-order valence-corrected chi connectivity index (χ4v) is 3.58. The number of nitrogen functional groups attached to an aromatic ring is 1. The van der Waals surface area contributed by atoms with E-state index in [1.807, 2.05) is 37.3 Å². The molecular weight excluding hydrogens is 378 g/mol. The van der Waals surface area contributed by atoms with Crippen molar-refractivity contribution in [3.8, 4) is 16.9 Å². The Balaban J connectivity index is 1.66. The fraction of sp³-hybridized carbons (Fsp3) is 0.333. The Morgan fingerprint density at radius 1 is 1.18 bits per heavy atom. The van der Waals surface area contributed by atoms with E-state index in [1.54, 1.807) is 0 Å². The van der Waals surface area contributed by atoms with Crippen molar-refractivity contribution in [2.45, 2.75) is 19.4 Å². The van der Waals surface area contributed by atoms with Crippen LogP contribution in [0.1, 0.15) is 12.0 Å². The maximum atomic E-state index is 6.32. The summed E-state index contributed by atoms with van der Waals surface area (Å²) < 4.78 is 17.1. The second-order valence-corrected chi connectivity index (χ2v) is 7.12. The lowest BCUT2D eigenvalue weighted by Gasteiger charge is -2.23. The quantitative estimate of drug-likeness (QED) is 0.697. The van der Waals surface area contributed by atoms with E-state index in [4.69, 9.17) is 31.5 Å². The zero-order valence-corrected chi connectivity index (χ0v) is 16.4. The lowest BCUT2D eigenvalue weighted by atomic mass is 9.97. The van der Waals surface area contributed by atoms with E-state index in [-0.39, 0.29) is 6.10 Å². The second-order valence-electron chi connectivity index (χ2n) is 6.71. The van der Waals surface area contributed by atoms with Crippen LogP contribution in [-0.4, -0.2) is 42.5 Å². The Kier molecular flexibility index (Phi) is 5.62. The third-order valence-corrected chi connectivity index (χ3v) is 5.33. The monoisotopic (exact) mass is 399 g/mol. The number of hydrogen-bond acceptors (Lipinski definition) is 6. The Bertz CT molecular complexity index is 990. The first-order valence-electron chi connectivity index (χ1n) is 9.26. The highest BCUT2D eigenvalue weighted by atomic mass is 35.5. The molecule has 3 aromatic rings. The molecule has 0 amide bonds. The van der Waals surface area contributed by atoms with Crippen LogP contribution in [0.25, 0.3) is 22.0 Å². The van der Waals surface area contributed by atoms with Gasteiger partial charge in [-0.25, -0.2) is 9.97 Å². The first kappa shape index (κ1) is 18.9. The van der Waals surface area contributed by atoms with Crippen molar-refractivity contribution in [1.29, 1.82) is 0 Å². The third-order valence-electron chi connectivity index (χ3n) is 4.92. The highest BCUT2D eigenvalue weighted by Gasteiger charge is 2.17. The van der Waals surface area contributed by atoms with Crippen molar-refractivity contribution >= 4 is 28.3 Å². The van der Waals surface area contributed by atoms with Crippen LogP contribution in [0.15, 0.2) is 36.7 Å². The molecular formula is C21H22ClN3O3. The lowest BCUT2D eigenvalue weighted by Crippen LogP contribution is -2.29. The first-order valence-corrected chi connectivity index (χ1v) is 9.63. The van der Waals surface area contributed by atoms with Gasteiger partial charge in [-0.05, 0) is 36.2 Å². The number of aromatic nitrogens is 2. The summed E-state index contributed by atoms with van der Waals surface area (Å²) in [4.78, 5) is 8.65. The number of anilines is 1. The molecule has 0 bridgehead atoms. The predicted molar refractivity (Wildman–Crippen MR) is 110 cm³/mol. The summed E-state index contributed by atoms with van der Waals surface area (Å²) in [5.41, 5.74) is 9.87. The van der Waals surface area contributed by atoms with Gasteiger partial charge in [0, 0.05) is 17.0 Å². The smallest absolute Gasteiger partial charge is 0.138 e. The molecule has 2 aromatic carbocycles. The molecule has 1 saturated heterocycles. The van der Waals surface area contributed by atoms with E-state index >= 15 is 0 Å². The van der Waals surface area contributed by atoms with E-state index in [0.29, 0.717) is 48.4 Å². The number of nitrogens with two attached hydrogens (primary N) is 1. The average Bonchev–Trinajstić information content (AvgIpc) is 2.71. The molecule has 1 aliphatic heterocycles. The number of benzene rings is 2. The van der Waals surface area contributed by atoms with Crippen molar-refractivity contribution in [2.75, 3.05) is 32.2 Å². The Morgan fingerprint density at radius 3 is 2.89 bits per heavy atom. The van der Waals surface area contributed by atoms with Gasteiger partial charge in [0.05, 0.1) is 43.4 Å². The molecule has 28 heavy (non-hydrogen) atoms. The van der Waals surface area contributed by atoms with Crippen LogP contribution in [-0.2, 0) is 9.47 Å². The van der Waals surface area contributed by atoms with Crippen LogP contribution in [0.5, 0.6) is 5.75 Å². The molecule has 4 rings (SSSR count). The molecule has 0 radical (unpaired) electrons. The maximum absolute atomic E-state index is 6.32. The Labute approximate surface area is 168 Å². The van der Waals surface area contributed by atoms with Crippen molar-refractivity contribution in [2.24, 2.45) is 0 Å². The first-order chi connectivity index (χ1) is 13.6. The number of fused-ring (bicyclic) bond motifs is 1. The molecule has 0 saturated carbocycles. The predicted octanol–water partition coefficient (Wildman–Crippen LogP) is 4.03. The van der Waals surface area contributed by atoms with Crippen LogP contribution >= 0.6 is 11.6 Å². The number of halogens is 1. The molecule has 1 atom stereocenters. The number of rotatable bonds is 5. The zero-order chi connectivity index (χ0) is 19.5. The van der Waals surface area contributed by atoms with E-state index < -0.39 is 0 Å². The second kappa shape index (κ2) is 8.31. The average molecular weight is 400 g/mol. The number of nitrogens with zero attached hydrogens (tertiary/aromatic N) is 2. The van der Waals surface area contributed by atoms with Gasteiger partial charge in [0.15, 0.2) is 0 Å². The van der Waals surface area contributed by atoms with Crippen LogP contribution in [0.4, 0.5) is 5.82 Å². The van der Waals surface area contributed by atoms with Gasteiger partial charge in [0.1, 0.15) is 17.9 Å². The molecule has 2 N–H and O–H groups in total. The minimum absolute atomic E-state index is 0.0574. The molecule has 6 nitrogen and oxygen atoms in total. The summed E-state index contributed by atoms with van der Waals surface area (Å²) in [6.07, 6.45) is 2.27. The molecule has 1 aromatic heterocycles. The topological polar surface area (TPSA) is 79.5 Å². The highest BCUT2D eigenvalue weighted by molar-refractivity contribution is 6.31. The zero-order valence-electron chi connectivity index (χ0n) is 15.7. The van der Waals surface area contributed by atoms with Crippen molar-refractivity contribution in [3.05, 3.63) is 47.2 Å². The van der Waals surface area contributed by atoms with Gasteiger partial charge < -0.3 is 19.9 Å². The third kappa shape index (κ3) is 3.76. The molecule has 7 heteroatoms. The summed E-state index contributed by atoms with van der Waals surface area (Å²) in [6.45, 7) is 4.36. The lowest BCUT2D eigenvalue weighted by molar-refractivity contribution is -0.0935. The van der Waals surface area contributed by atoms with Crippen molar-refractivity contribution in [3.63, 3.8) is 0 Å². The molecule has 0 spiro atoms. The molecule has 2 heterocycles. The van der Waals surface area contributed by atoms with Gasteiger partial charge in [-0.2, -0.15) is 0 Å². The van der Waals surface area contributed by atoms with Crippen LogP contribution in [0, 0.1) is 6.92 Å². The summed E-state index contributed by atoms with van der Waals surface area (Å²) in [5, 5.41) is 1.42. The van der Waals surface area contributed by atoms with Gasteiger partial charge in [-0.1, -0.05) is 23.7 Å². The summed E-state index contributed by atoms with van der Waals surface area (Å²) in [7, 11) is 0. The molecule has 1 fully saturated rings. The van der Waals surface area contributed by atoms with Crippen molar-refractivity contribution < 1.29 is 14.2 Å². The van der Waals surface area contributed by atoms with E-state index in [2.05, 4.69) is 9.97 Å². The Hall–Kier alpha value is -2.41. The van der Waals surface area contributed by atoms with E-state index in [1.165, 1.54) is 6.33 Å². The van der Waals surface area contributed by atoms with Crippen LogP contribution in [0.3, 0.4) is 0 Å². The van der Waals surface area contributed by atoms with Gasteiger partial charge in [0.2, 0.25) is 0 Å². The normalized spacial score (nSPS) is 17.0. The standard InChI is InChI=1S/C21H22ClN3O3/c1-13-15(3-2-4-17(13)22)16-5-6-18(19-20(16)24-12-25-21(19)23)28-8-7-14-11-26-9-10-27-14/h2-6,12,14H,7-11H2,1H3,(H2,23,24,25)/t14-/m1/s1. The number of hydrogen-bond donors (Lipinski definition) is 1. The van der Waals surface area contributed by atoms with Gasteiger partial charge >= 0.3 is 0 Å². The van der Waals surface area contributed by atoms with Gasteiger partial charge in [0.25, 0.3) is 0 Å². The number of ether oxygens (including phenoxy) is 3. The van der Waals surface area contributed by atoms with Gasteiger partial charge in [-0.15, -0.1) is 0 Å². The minimum atomic E-state index is 0.0574. The molecule has 146 valence electrons. The van der Waals surface area contributed by atoms with E-state index in [0.717, 1.165) is 28.6 Å². The summed E-state index contributed by atoms with van der Waals surface area (Å²) in [5.74, 6) is 1.05. The largest absolute Gasteiger partial charge is 0.493 e.